The van der Waals surface area contributed by atoms with Gasteiger partial charge >= 0.3 is 12.3 Å². The van der Waals surface area contributed by atoms with Gasteiger partial charge in [0.2, 0.25) is 5.88 Å². The van der Waals surface area contributed by atoms with Crippen molar-refractivity contribution in [1.82, 2.24) is 9.97 Å². The standard InChI is InChI=1S/C19H15F6N5O3S/c20-3-9-4-28-13(5-27-9)33-17(31)29-8-1-10(14(22)12(21)2-8)18-7-32-15(19(23,24)25)11(18)6-34-16(26)30-18/h1-2,4-5,11,15H,3,6-7H2,(H2,26,30)(H,29,31)/t11-,15+,18-/m1/s1. The van der Waals surface area contributed by atoms with Crippen LogP contribution in [0.5, 0.6) is 5.88 Å². The number of thioether (sulfide) groups is 1. The van der Waals surface area contributed by atoms with Crippen molar-refractivity contribution in [2.75, 3.05) is 17.7 Å². The maximum atomic E-state index is 14.9. The van der Waals surface area contributed by atoms with Crippen molar-refractivity contribution in [3.05, 3.63) is 47.4 Å². The zero-order valence-corrected chi connectivity index (χ0v) is 17.7. The summed E-state index contributed by atoms with van der Waals surface area (Å²) in [7, 11) is 0. The van der Waals surface area contributed by atoms with Gasteiger partial charge in [-0.3, -0.25) is 10.3 Å². The molecule has 2 aliphatic heterocycles. The third-order valence-electron chi connectivity index (χ3n) is 5.26. The average molecular weight is 507 g/mol. The van der Waals surface area contributed by atoms with Crippen LogP contribution in [0.3, 0.4) is 0 Å². The van der Waals surface area contributed by atoms with Crippen molar-refractivity contribution in [2.24, 2.45) is 16.6 Å². The first-order valence-corrected chi connectivity index (χ1v) is 10.5. The Balaban J connectivity index is 1.65. The van der Waals surface area contributed by atoms with Crippen LogP contribution >= 0.6 is 11.8 Å². The molecule has 182 valence electrons. The van der Waals surface area contributed by atoms with Crippen molar-refractivity contribution in [2.45, 2.75) is 24.5 Å². The Morgan fingerprint density at radius 1 is 1.29 bits per heavy atom. The number of rotatable bonds is 4. The summed E-state index contributed by atoms with van der Waals surface area (Å²) >= 11 is 0.842. The maximum absolute atomic E-state index is 14.9. The van der Waals surface area contributed by atoms with Gasteiger partial charge in [0.1, 0.15) is 12.2 Å². The molecule has 2 aromatic rings. The number of ether oxygens (including phenoxy) is 2. The number of aromatic nitrogens is 2. The Labute approximate surface area is 191 Å². The summed E-state index contributed by atoms with van der Waals surface area (Å²) in [4.78, 5) is 23.5. The first-order chi connectivity index (χ1) is 16.0. The smallest absolute Gasteiger partial charge is 0.389 e. The molecule has 1 saturated heterocycles. The largest absolute Gasteiger partial charge is 0.418 e. The van der Waals surface area contributed by atoms with Crippen LogP contribution in [0.2, 0.25) is 0 Å². The highest BCUT2D eigenvalue weighted by Gasteiger charge is 2.62. The summed E-state index contributed by atoms with van der Waals surface area (Å²) in [6, 6.07) is 1.56. The van der Waals surface area contributed by atoms with Gasteiger partial charge in [-0.15, -0.1) is 0 Å². The number of carbonyl (C=O) groups is 1. The number of aliphatic imine (C=N–C) groups is 1. The summed E-state index contributed by atoms with van der Waals surface area (Å²) in [5.41, 5.74) is 2.86. The van der Waals surface area contributed by atoms with E-state index in [1.165, 1.54) is 0 Å². The lowest BCUT2D eigenvalue weighted by Gasteiger charge is -2.36. The fraction of sp³-hybridized carbons (Fsp3) is 0.368. The highest BCUT2D eigenvalue weighted by atomic mass is 32.2. The van der Waals surface area contributed by atoms with Crippen LogP contribution in [0.15, 0.2) is 29.5 Å². The van der Waals surface area contributed by atoms with E-state index < -0.39 is 60.3 Å². The molecule has 1 fully saturated rings. The number of halogens is 6. The highest BCUT2D eigenvalue weighted by molar-refractivity contribution is 8.13. The van der Waals surface area contributed by atoms with E-state index in [1.54, 1.807) is 0 Å². The van der Waals surface area contributed by atoms with Crippen LogP contribution in [0.25, 0.3) is 0 Å². The molecule has 0 unspecified atom stereocenters. The Kier molecular flexibility index (Phi) is 6.33. The van der Waals surface area contributed by atoms with E-state index in [1.807, 2.05) is 0 Å². The van der Waals surface area contributed by atoms with E-state index in [0.29, 0.717) is 6.07 Å². The third kappa shape index (κ3) is 4.49. The maximum Gasteiger partial charge on any atom is 0.418 e. The Morgan fingerprint density at radius 3 is 2.71 bits per heavy atom. The van der Waals surface area contributed by atoms with Gasteiger partial charge in [0.05, 0.1) is 24.7 Å². The molecule has 2 aliphatic rings. The minimum absolute atomic E-state index is 0.00627. The second kappa shape index (κ2) is 8.94. The molecule has 0 bridgehead atoms. The molecule has 8 nitrogen and oxygen atoms in total. The summed E-state index contributed by atoms with van der Waals surface area (Å²) in [6.07, 6.45) is -6.24. The van der Waals surface area contributed by atoms with Gasteiger partial charge in [-0.1, -0.05) is 11.8 Å². The fourth-order valence-corrected chi connectivity index (χ4v) is 4.80. The first kappa shape index (κ1) is 24.1. The van der Waals surface area contributed by atoms with E-state index in [-0.39, 0.29) is 28.2 Å². The van der Waals surface area contributed by atoms with E-state index in [0.717, 1.165) is 30.2 Å². The van der Waals surface area contributed by atoms with Crippen molar-refractivity contribution in [1.29, 1.82) is 0 Å². The third-order valence-corrected chi connectivity index (χ3v) is 6.17. The molecule has 0 radical (unpaired) electrons. The molecule has 3 N–H and O–H groups in total. The number of nitrogens with zero attached hydrogens (tertiary/aromatic N) is 3. The molecule has 4 rings (SSSR count). The van der Waals surface area contributed by atoms with Crippen LogP contribution in [0, 0.1) is 17.6 Å². The van der Waals surface area contributed by atoms with Crippen molar-refractivity contribution >= 4 is 28.7 Å². The predicted molar refractivity (Wildman–Crippen MR) is 108 cm³/mol. The van der Waals surface area contributed by atoms with E-state index in [4.69, 9.17) is 15.2 Å². The van der Waals surface area contributed by atoms with Crippen LogP contribution in [0.1, 0.15) is 11.3 Å². The minimum atomic E-state index is -4.78. The highest BCUT2D eigenvalue weighted by Crippen LogP contribution is 2.52. The Bertz CT molecular complexity index is 1130. The number of carbonyl (C=O) groups excluding carboxylic acids is 1. The molecular weight excluding hydrogens is 492 g/mol. The molecule has 1 aromatic carbocycles. The molecule has 1 amide bonds. The molecule has 34 heavy (non-hydrogen) atoms. The molecule has 3 atom stereocenters. The molecule has 1 aromatic heterocycles. The number of fused-ring (bicyclic) bond motifs is 1. The van der Waals surface area contributed by atoms with Gasteiger partial charge in [0, 0.05) is 29.0 Å². The van der Waals surface area contributed by atoms with E-state index >= 15 is 0 Å². The van der Waals surface area contributed by atoms with Gasteiger partial charge in [0.15, 0.2) is 22.9 Å². The predicted octanol–water partition coefficient (Wildman–Crippen LogP) is 3.67. The van der Waals surface area contributed by atoms with Crippen molar-refractivity contribution in [3.8, 4) is 5.88 Å². The summed E-state index contributed by atoms with van der Waals surface area (Å²) in [5.74, 6) is -4.81. The lowest BCUT2D eigenvalue weighted by Crippen LogP contribution is -2.46. The van der Waals surface area contributed by atoms with Crippen LogP contribution in [-0.2, 0) is 17.0 Å². The molecule has 0 saturated carbocycles. The number of anilines is 1. The van der Waals surface area contributed by atoms with E-state index in [9.17, 15) is 31.1 Å². The van der Waals surface area contributed by atoms with Gasteiger partial charge in [-0.25, -0.2) is 27.9 Å². The summed E-state index contributed by atoms with van der Waals surface area (Å²) in [5, 5.41) is 2.02. The SMILES string of the molecule is NC1=N[C@@]2(c3cc(NC(=O)Oc4cnc(CF)cn4)cc(F)c3F)CO[C@H](C(F)(F)F)[C@H]2CS1. The molecule has 0 spiro atoms. The number of nitrogens with one attached hydrogen (secondary N) is 1. The Hall–Kier alpha value is -3.07. The number of benzene rings is 1. The number of alkyl halides is 4. The number of amidine groups is 1. The molecule has 15 heteroatoms. The van der Waals surface area contributed by atoms with Crippen LogP contribution < -0.4 is 15.8 Å². The molecule has 0 aliphatic carbocycles. The van der Waals surface area contributed by atoms with E-state index in [2.05, 4.69) is 20.3 Å². The number of nitrogens with two attached hydrogens (primary N) is 1. The second-order valence-electron chi connectivity index (χ2n) is 7.38. The zero-order valence-electron chi connectivity index (χ0n) is 16.9. The Morgan fingerprint density at radius 2 is 2.06 bits per heavy atom. The fourth-order valence-electron chi connectivity index (χ4n) is 3.77. The number of amides is 1. The second-order valence-corrected chi connectivity index (χ2v) is 8.42. The van der Waals surface area contributed by atoms with Gasteiger partial charge < -0.3 is 15.2 Å². The lowest BCUT2D eigenvalue weighted by molar-refractivity contribution is -0.215. The minimum Gasteiger partial charge on any atom is -0.389 e. The number of hydrogen-bond donors (Lipinski definition) is 2. The number of hydrogen-bond acceptors (Lipinski definition) is 8. The van der Waals surface area contributed by atoms with Crippen LogP contribution in [-0.4, -0.2) is 45.9 Å². The average Bonchev–Trinajstić information content (AvgIpc) is 3.16. The van der Waals surface area contributed by atoms with Gasteiger partial charge in [-0.2, -0.15) is 13.2 Å². The summed E-state index contributed by atoms with van der Waals surface area (Å²) in [6.45, 7) is -1.59. The van der Waals surface area contributed by atoms with Crippen LogP contribution in [0.4, 0.5) is 36.8 Å². The summed E-state index contributed by atoms with van der Waals surface area (Å²) < 4.78 is 92.2. The first-order valence-electron chi connectivity index (χ1n) is 9.55. The molecular formula is C19H15F6N5O3S. The topological polar surface area (TPSA) is 112 Å². The molecule has 3 heterocycles. The quantitative estimate of drug-likeness (QED) is 0.608. The normalized spacial score (nSPS) is 24.4. The zero-order chi connectivity index (χ0) is 24.7. The van der Waals surface area contributed by atoms with Crippen molar-refractivity contribution < 1.29 is 40.6 Å². The lowest BCUT2D eigenvalue weighted by atomic mass is 9.78. The van der Waals surface area contributed by atoms with Crippen molar-refractivity contribution in [3.63, 3.8) is 0 Å². The van der Waals surface area contributed by atoms with Gasteiger partial charge in [-0.05, 0) is 6.07 Å². The van der Waals surface area contributed by atoms with Gasteiger partial charge in [0.25, 0.3) is 0 Å². The monoisotopic (exact) mass is 507 g/mol.